The van der Waals surface area contributed by atoms with E-state index >= 15 is 0 Å². The van der Waals surface area contributed by atoms with Gasteiger partial charge in [-0.1, -0.05) is 30.2 Å². The number of rotatable bonds is 13. The minimum Gasteiger partial charge on any atom is -0.492 e. The first kappa shape index (κ1) is 24.9. The molecule has 0 saturated heterocycles. The summed E-state index contributed by atoms with van der Waals surface area (Å²) in [6, 6.07) is 7.90. The third kappa shape index (κ3) is 8.38. The van der Waals surface area contributed by atoms with Crippen LogP contribution in [0.1, 0.15) is 48.2 Å². The third-order valence-electron chi connectivity index (χ3n) is 4.56. The van der Waals surface area contributed by atoms with Crippen molar-refractivity contribution in [1.29, 1.82) is 5.41 Å². The molecule has 2 rings (SSSR count). The van der Waals surface area contributed by atoms with E-state index in [0.717, 1.165) is 31.4 Å². The molecule has 0 bridgehead atoms. The Morgan fingerprint density at radius 2 is 1.78 bits per heavy atom. The van der Waals surface area contributed by atoms with Gasteiger partial charge in [-0.15, -0.1) is 0 Å². The number of nitrogen functional groups attached to an aromatic ring is 2. The molecule has 10 nitrogen and oxygen atoms in total. The number of nitrogens with zero attached hydrogens (tertiary/aromatic N) is 3. The number of halogens is 1. The monoisotopic (exact) mass is 460 g/mol. The molecular weight excluding hydrogens is 432 g/mol. The van der Waals surface area contributed by atoms with Gasteiger partial charge in [0.15, 0.2) is 34.2 Å². The van der Waals surface area contributed by atoms with Crippen molar-refractivity contribution in [3.05, 3.63) is 40.7 Å². The van der Waals surface area contributed by atoms with E-state index in [-0.39, 0.29) is 40.6 Å². The molecule has 0 aliphatic rings. The predicted molar refractivity (Wildman–Crippen MR) is 127 cm³/mol. The molecule has 172 valence electrons. The van der Waals surface area contributed by atoms with Crippen LogP contribution in [0, 0.1) is 5.41 Å². The lowest BCUT2D eigenvalue weighted by Gasteiger charge is -2.07. The number of benzene rings is 1. The maximum absolute atomic E-state index is 12.3. The molecule has 0 aliphatic carbocycles. The van der Waals surface area contributed by atoms with Gasteiger partial charge in [0.25, 0.3) is 0 Å². The van der Waals surface area contributed by atoms with Gasteiger partial charge in [-0.25, -0.2) is 9.97 Å². The van der Waals surface area contributed by atoms with Crippen LogP contribution in [0.25, 0.3) is 0 Å². The fraction of sp³-hybridized carbons (Fsp3) is 0.381. The highest BCUT2D eigenvalue weighted by atomic mass is 35.5. The number of unbranched alkanes of at least 4 members (excludes halogenated alkanes) is 2. The zero-order chi connectivity index (χ0) is 23.5. The van der Waals surface area contributed by atoms with Crippen LogP contribution < -0.4 is 27.7 Å². The molecule has 2 aromatic rings. The Morgan fingerprint density at radius 1 is 1.06 bits per heavy atom. The molecule has 32 heavy (non-hydrogen) atoms. The van der Waals surface area contributed by atoms with Crippen molar-refractivity contribution >= 4 is 40.7 Å². The lowest BCUT2D eigenvalue weighted by Crippen LogP contribution is -2.23. The summed E-state index contributed by atoms with van der Waals surface area (Å²) < 4.78 is 5.57. The minimum absolute atomic E-state index is 0.0270. The van der Waals surface area contributed by atoms with Gasteiger partial charge in [-0.2, -0.15) is 0 Å². The number of nitrogens with two attached hydrogens (primary N) is 4. The van der Waals surface area contributed by atoms with Crippen molar-refractivity contribution in [1.82, 2.24) is 9.97 Å². The molecule has 1 aromatic carbocycles. The second kappa shape index (κ2) is 12.5. The first-order valence-corrected chi connectivity index (χ1v) is 10.6. The Kier molecular flexibility index (Phi) is 9.68. The number of carbonyl (C=O) groups is 1. The number of aromatic nitrogens is 2. The van der Waals surface area contributed by atoms with Crippen LogP contribution in [0.4, 0.5) is 11.6 Å². The van der Waals surface area contributed by atoms with Crippen molar-refractivity contribution in [2.45, 2.75) is 38.5 Å². The highest BCUT2D eigenvalue weighted by molar-refractivity contribution is 6.31. The number of ether oxygens (including phenoxy) is 1. The summed E-state index contributed by atoms with van der Waals surface area (Å²) in [6.45, 7) is 0.829. The number of Topliss-reactive ketones (excluding diaryl/α,β-unsaturated/α-hetero) is 1. The molecule has 1 heterocycles. The normalized spacial score (nSPS) is 10.5. The van der Waals surface area contributed by atoms with E-state index in [1.54, 1.807) is 0 Å². The highest BCUT2D eigenvalue weighted by Gasteiger charge is 2.17. The van der Waals surface area contributed by atoms with Crippen LogP contribution in [-0.2, 0) is 6.42 Å². The molecule has 0 radical (unpaired) electrons. The van der Waals surface area contributed by atoms with E-state index in [1.807, 2.05) is 24.3 Å². The molecule has 0 aliphatic heterocycles. The lowest BCUT2D eigenvalue weighted by molar-refractivity contribution is 0.0996. The standard InChI is InChI=1S/C21H29ClN8O2/c22-18-20(25)30-19(24)17(29-18)16(31)12-14(23)5-3-1-2-4-13-6-8-15(9-7-13)32-11-10-28-21(26)27/h6-9,23H,1-5,10-12H2,(H4,24,25,30)(H4,26,27,28). The second-order valence-corrected chi connectivity index (χ2v) is 7.55. The molecule has 0 atom stereocenters. The molecule has 11 heteroatoms. The van der Waals surface area contributed by atoms with Crippen molar-refractivity contribution < 1.29 is 9.53 Å². The SMILES string of the molecule is N=C(CCCCCc1ccc(OCCN=C(N)N)cc1)CC(=O)c1nc(Cl)c(N)nc1N. The van der Waals surface area contributed by atoms with Crippen molar-refractivity contribution in [2.75, 3.05) is 24.6 Å². The summed E-state index contributed by atoms with van der Waals surface area (Å²) in [5.41, 5.74) is 23.2. The fourth-order valence-corrected chi connectivity index (χ4v) is 3.07. The second-order valence-electron chi connectivity index (χ2n) is 7.20. The van der Waals surface area contributed by atoms with Gasteiger partial charge < -0.3 is 33.1 Å². The number of ketones is 1. The Bertz CT molecular complexity index is 959. The first-order chi connectivity index (χ1) is 15.3. The Morgan fingerprint density at radius 3 is 2.47 bits per heavy atom. The molecule has 1 aromatic heterocycles. The summed E-state index contributed by atoms with van der Waals surface area (Å²) in [5.74, 6) is 0.333. The van der Waals surface area contributed by atoms with Crippen molar-refractivity contribution in [2.24, 2.45) is 16.5 Å². The molecule has 0 saturated carbocycles. The fourth-order valence-electron chi connectivity index (χ4n) is 2.95. The zero-order valence-corrected chi connectivity index (χ0v) is 18.6. The van der Waals surface area contributed by atoms with Gasteiger partial charge in [-0.3, -0.25) is 9.79 Å². The van der Waals surface area contributed by atoms with Crippen LogP contribution in [0.5, 0.6) is 5.75 Å². The summed E-state index contributed by atoms with van der Waals surface area (Å²) in [7, 11) is 0. The summed E-state index contributed by atoms with van der Waals surface area (Å²) >= 11 is 5.80. The van der Waals surface area contributed by atoms with Gasteiger partial charge in [0.2, 0.25) is 0 Å². The number of hydrogen-bond donors (Lipinski definition) is 5. The Hall–Kier alpha value is -3.40. The van der Waals surface area contributed by atoms with E-state index in [1.165, 1.54) is 5.56 Å². The van der Waals surface area contributed by atoms with Crippen LogP contribution in [0.15, 0.2) is 29.3 Å². The number of carbonyl (C=O) groups excluding carboxylic acids is 1. The zero-order valence-electron chi connectivity index (χ0n) is 17.8. The van der Waals surface area contributed by atoms with E-state index in [9.17, 15) is 4.79 Å². The quantitative estimate of drug-likeness (QED) is 0.130. The first-order valence-electron chi connectivity index (χ1n) is 10.2. The highest BCUT2D eigenvalue weighted by Crippen LogP contribution is 2.19. The molecule has 0 unspecified atom stereocenters. The van der Waals surface area contributed by atoms with Crippen molar-refractivity contribution in [3.8, 4) is 5.75 Å². The van der Waals surface area contributed by atoms with E-state index < -0.39 is 0 Å². The smallest absolute Gasteiger partial charge is 0.190 e. The molecular formula is C21H29ClN8O2. The number of guanidine groups is 1. The Labute approximate surface area is 191 Å². The lowest BCUT2D eigenvalue weighted by atomic mass is 10.0. The average Bonchev–Trinajstić information content (AvgIpc) is 2.74. The summed E-state index contributed by atoms with van der Waals surface area (Å²) in [6.07, 6.45) is 4.15. The van der Waals surface area contributed by atoms with Gasteiger partial charge in [-0.05, 0) is 43.4 Å². The molecule has 0 fully saturated rings. The van der Waals surface area contributed by atoms with E-state index in [4.69, 9.17) is 44.7 Å². The number of aryl methyl sites for hydroxylation is 1. The molecule has 0 spiro atoms. The van der Waals surface area contributed by atoms with Gasteiger partial charge in [0.05, 0.1) is 13.0 Å². The number of nitrogens with one attached hydrogen (secondary N) is 1. The summed E-state index contributed by atoms with van der Waals surface area (Å²) in [5, 5.41) is 7.98. The van der Waals surface area contributed by atoms with Gasteiger partial charge >= 0.3 is 0 Å². The topological polar surface area (TPSA) is 192 Å². The maximum atomic E-state index is 12.3. The van der Waals surface area contributed by atoms with E-state index in [2.05, 4.69) is 15.0 Å². The molecule has 0 amide bonds. The van der Waals surface area contributed by atoms with Crippen LogP contribution in [-0.4, -0.2) is 40.6 Å². The number of aliphatic imine (C=N–C) groups is 1. The number of anilines is 2. The van der Waals surface area contributed by atoms with E-state index in [0.29, 0.717) is 25.3 Å². The number of hydrogen-bond acceptors (Lipinski definition) is 8. The van der Waals surface area contributed by atoms with Crippen LogP contribution in [0.3, 0.4) is 0 Å². The van der Waals surface area contributed by atoms with Crippen LogP contribution in [0.2, 0.25) is 5.15 Å². The Balaban J connectivity index is 1.65. The molecule has 9 N–H and O–H groups in total. The third-order valence-corrected chi connectivity index (χ3v) is 4.84. The van der Waals surface area contributed by atoms with Gasteiger partial charge in [0.1, 0.15) is 12.4 Å². The minimum atomic E-state index is -0.387. The van der Waals surface area contributed by atoms with Crippen molar-refractivity contribution in [3.63, 3.8) is 0 Å². The average molecular weight is 461 g/mol. The maximum Gasteiger partial charge on any atom is 0.190 e. The predicted octanol–water partition coefficient (Wildman–Crippen LogP) is 2.34. The van der Waals surface area contributed by atoms with Gasteiger partial charge in [0, 0.05) is 5.71 Å². The van der Waals surface area contributed by atoms with Crippen LogP contribution >= 0.6 is 11.6 Å². The largest absolute Gasteiger partial charge is 0.492 e. The summed E-state index contributed by atoms with van der Waals surface area (Å²) in [4.78, 5) is 23.8.